The summed E-state index contributed by atoms with van der Waals surface area (Å²) in [6.45, 7) is 6.29. The number of hydrogen-bond acceptors (Lipinski definition) is 3. The Labute approximate surface area is 105 Å². The maximum atomic E-state index is 5.38. The van der Waals surface area contributed by atoms with E-state index < -0.39 is 0 Å². The molecule has 1 aromatic rings. The van der Waals surface area contributed by atoms with E-state index in [1.165, 1.54) is 17.5 Å². The van der Waals surface area contributed by atoms with Gasteiger partial charge in [0.2, 0.25) is 0 Å². The summed E-state index contributed by atoms with van der Waals surface area (Å²) in [6, 6.07) is 4.25. The molecule has 0 radical (unpaired) electrons. The molecule has 2 N–H and O–H groups in total. The molecule has 0 amide bonds. The fourth-order valence-electron chi connectivity index (χ4n) is 1.75. The maximum absolute atomic E-state index is 5.38. The summed E-state index contributed by atoms with van der Waals surface area (Å²) in [4.78, 5) is 0. The van der Waals surface area contributed by atoms with Crippen LogP contribution >= 0.6 is 0 Å². The molecule has 0 aliphatic heterocycles. The summed E-state index contributed by atoms with van der Waals surface area (Å²) >= 11 is 0. The van der Waals surface area contributed by atoms with E-state index in [1.807, 2.05) is 7.05 Å². The Morgan fingerprint density at radius 1 is 1.06 bits per heavy atom. The highest BCUT2D eigenvalue weighted by molar-refractivity contribution is 5.59. The van der Waals surface area contributed by atoms with Crippen molar-refractivity contribution in [3.63, 3.8) is 0 Å². The number of ether oxygens (including phenoxy) is 1. The molecule has 1 aromatic carbocycles. The normalized spacial score (nSPS) is 10.4. The molecule has 96 valence electrons. The van der Waals surface area contributed by atoms with Crippen LogP contribution < -0.4 is 15.4 Å². The van der Waals surface area contributed by atoms with Crippen molar-refractivity contribution >= 4 is 5.69 Å². The van der Waals surface area contributed by atoms with Crippen molar-refractivity contribution in [2.75, 3.05) is 32.6 Å². The third-order valence-electron chi connectivity index (χ3n) is 2.98. The summed E-state index contributed by atoms with van der Waals surface area (Å²) in [5.74, 6) is 0.932. The number of nitrogens with one attached hydrogen (secondary N) is 2. The van der Waals surface area contributed by atoms with Gasteiger partial charge in [-0.05, 0) is 63.5 Å². The first kappa shape index (κ1) is 13.8. The quantitative estimate of drug-likeness (QED) is 0.714. The predicted octanol–water partition coefficient (Wildman–Crippen LogP) is 2.72. The Hall–Kier alpha value is -1.22. The van der Waals surface area contributed by atoms with Gasteiger partial charge in [0.1, 0.15) is 5.75 Å². The number of unbranched alkanes of at least 4 members (excludes halogenated alkanes) is 1. The summed E-state index contributed by atoms with van der Waals surface area (Å²) in [7, 11) is 3.70. The van der Waals surface area contributed by atoms with E-state index in [4.69, 9.17) is 4.74 Å². The van der Waals surface area contributed by atoms with Gasteiger partial charge in [-0.1, -0.05) is 0 Å². The Morgan fingerprint density at radius 2 is 1.71 bits per heavy atom. The van der Waals surface area contributed by atoms with Crippen LogP contribution in [0.15, 0.2) is 12.1 Å². The highest BCUT2D eigenvalue weighted by atomic mass is 16.5. The number of aryl methyl sites for hydroxylation is 2. The lowest BCUT2D eigenvalue weighted by molar-refractivity contribution is 0.416. The lowest BCUT2D eigenvalue weighted by Crippen LogP contribution is -2.10. The zero-order chi connectivity index (χ0) is 12.7. The van der Waals surface area contributed by atoms with Crippen LogP contribution in [0.25, 0.3) is 0 Å². The molecule has 3 heteroatoms. The van der Waals surface area contributed by atoms with Crippen LogP contribution in [-0.2, 0) is 0 Å². The lowest BCUT2D eigenvalue weighted by atomic mass is 10.1. The molecule has 3 nitrogen and oxygen atoms in total. The first-order valence-electron chi connectivity index (χ1n) is 6.22. The van der Waals surface area contributed by atoms with Crippen molar-refractivity contribution in [1.29, 1.82) is 0 Å². The molecular weight excluding hydrogens is 212 g/mol. The Balaban J connectivity index is 2.54. The van der Waals surface area contributed by atoms with Gasteiger partial charge in [-0.3, -0.25) is 0 Å². The highest BCUT2D eigenvalue weighted by Crippen LogP contribution is 2.27. The van der Waals surface area contributed by atoms with E-state index in [9.17, 15) is 0 Å². The summed E-state index contributed by atoms with van der Waals surface area (Å²) in [6.07, 6.45) is 2.35. The number of anilines is 1. The Morgan fingerprint density at radius 3 is 2.35 bits per heavy atom. The fourth-order valence-corrected chi connectivity index (χ4v) is 1.75. The van der Waals surface area contributed by atoms with Crippen LogP contribution in [0.5, 0.6) is 5.75 Å². The van der Waals surface area contributed by atoms with E-state index in [-0.39, 0.29) is 0 Å². The SMILES string of the molecule is CNCCCCNc1cc(C)c(C)cc1OC. The number of rotatable bonds is 7. The minimum absolute atomic E-state index is 0.932. The average molecular weight is 236 g/mol. The first-order chi connectivity index (χ1) is 8.19. The molecule has 0 fully saturated rings. The zero-order valence-corrected chi connectivity index (χ0v) is 11.4. The van der Waals surface area contributed by atoms with Crippen LogP contribution in [0.1, 0.15) is 24.0 Å². The van der Waals surface area contributed by atoms with E-state index in [2.05, 4.69) is 36.6 Å². The molecule has 17 heavy (non-hydrogen) atoms. The third kappa shape index (κ3) is 4.27. The van der Waals surface area contributed by atoms with Gasteiger partial charge in [-0.25, -0.2) is 0 Å². The van der Waals surface area contributed by atoms with Crippen molar-refractivity contribution in [3.8, 4) is 5.75 Å². The van der Waals surface area contributed by atoms with Gasteiger partial charge < -0.3 is 15.4 Å². The summed E-state index contributed by atoms with van der Waals surface area (Å²) < 4.78 is 5.38. The minimum Gasteiger partial charge on any atom is -0.495 e. The molecule has 0 aliphatic carbocycles. The van der Waals surface area contributed by atoms with Crippen molar-refractivity contribution in [1.82, 2.24) is 5.32 Å². The van der Waals surface area contributed by atoms with Gasteiger partial charge >= 0.3 is 0 Å². The molecule has 0 heterocycles. The van der Waals surface area contributed by atoms with Crippen LogP contribution in [0.4, 0.5) is 5.69 Å². The minimum atomic E-state index is 0.932. The Bertz CT molecular complexity index is 350. The molecule has 0 aliphatic rings. The van der Waals surface area contributed by atoms with Crippen LogP contribution in [0.2, 0.25) is 0 Å². The van der Waals surface area contributed by atoms with Gasteiger partial charge in [0, 0.05) is 6.54 Å². The van der Waals surface area contributed by atoms with Gasteiger partial charge in [0.15, 0.2) is 0 Å². The standard InChI is InChI=1S/C14H24N2O/c1-11-9-13(14(17-4)10-12(11)2)16-8-6-5-7-15-3/h9-10,15-16H,5-8H2,1-4H3. The van der Waals surface area contributed by atoms with Crippen LogP contribution in [-0.4, -0.2) is 27.2 Å². The van der Waals surface area contributed by atoms with Gasteiger partial charge in [-0.15, -0.1) is 0 Å². The average Bonchev–Trinajstić information content (AvgIpc) is 2.33. The van der Waals surface area contributed by atoms with Crippen molar-refractivity contribution < 1.29 is 4.74 Å². The van der Waals surface area contributed by atoms with Crippen LogP contribution in [0.3, 0.4) is 0 Å². The van der Waals surface area contributed by atoms with Crippen LogP contribution in [0, 0.1) is 13.8 Å². The molecule has 0 saturated heterocycles. The zero-order valence-electron chi connectivity index (χ0n) is 11.4. The topological polar surface area (TPSA) is 33.3 Å². The summed E-state index contributed by atoms with van der Waals surface area (Å²) in [5.41, 5.74) is 3.66. The molecule has 0 atom stereocenters. The maximum Gasteiger partial charge on any atom is 0.142 e. The van der Waals surface area contributed by atoms with Gasteiger partial charge in [0.05, 0.1) is 12.8 Å². The molecule has 0 spiro atoms. The predicted molar refractivity (Wildman–Crippen MR) is 74.1 cm³/mol. The smallest absolute Gasteiger partial charge is 0.142 e. The third-order valence-corrected chi connectivity index (χ3v) is 2.98. The number of methoxy groups -OCH3 is 1. The van der Waals surface area contributed by atoms with E-state index in [1.54, 1.807) is 7.11 Å². The molecule has 0 saturated carbocycles. The Kier molecular flexibility index (Phi) is 5.84. The van der Waals surface area contributed by atoms with Gasteiger partial charge in [-0.2, -0.15) is 0 Å². The second kappa shape index (κ2) is 7.17. The second-order valence-corrected chi connectivity index (χ2v) is 4.37. The number of hydrogen-bond donors (Lipinski definition) is 2. The molecule has 0 unspecified atom stereocenters. The van der Waals surface area contributed by atoms with Crippen molar-refractivity contribution in [3.05, 3.63) is 23.3 Å². The molecule has 0 bridgehead atoms. The molecule has 0 aromatic heterocycles. The van der Waals surface area contributed by atoms with Gasteiger partial charge in [0.25, 0.3) is 0 Å². The number of benzene rings is 1. The molecular formula is C14H24N2O. The fraction of sp³-hybridized carbons (Fsp3) is 0.571. The van der Waals surface area contributed by atoms with E-state index >= 15 is 0 Å². The molecule has 1 rings (SSSR count). The second-order valence-electron chi connectivity index (χ2n) is 4.37. The van der Waals surface area contributed by atoms with Crippen molar-refractivity contribution in [2.45, 2.75) is 26.7 Å². The first-order valence-corrected chi connectivity index (χ1v) is 6.22. The summed E-state index contributed by atoms with van der Waals surface area (Å²) in [5, 5.41) is 6.59. The van der Waals surface area contributed by atoms with E-state index in [0.717, 1.165) is 30.9 Å². The lowest BCUT2D eigenvalue weighted by Gasteiger charge is -2.13. The highest BCUT2D eigenvalue weighted by Gasteiger charge is 2.04. The largest absolute Gasteiger partial charge is 0.495 e. The van der Waals surface area contributed by atoms with Crippen molar-refractivity contribution in [2.24, 2.45) is 0 Å². The van der Waals surface area contributed by atoms with E-state index in [0.29, 0.717) is 0 Å². The monoisotopic (exact) mass is 236 g/mol.